The van der Waals surface area contributed by atoms with Crippen LogP contribution >= 0.6 is 11.3 Å². The van der Waals surface area contributed by atoms with E-state index in [1.165, 1.54) is 30.6 Å². The van der Waals surface area contributed by atoms with Gasteiger partial charge in [0.2, 0.25) is 0 Å². The van der Waals surface area contributed by atoms with E-state index in [-0.39, 0.29) is 24.5 Å². The Bertz CT molecular complexity index is 946. The van der Waals surface area contributed by atoms with Gasteiger partial charge in [-0.3, -0.25) is 4.79 Å². The van der Waals surface area contributed by atoms with Crippen LogP contribution in [0.15, 0.2) is 42.3 Å². The fourth-order valence-corrected chi connectivity index (χ4v) is 5.26. The van der Waals surface area contributed by atoms with Crippen molar-refractivity contribution < 1.29 is 14.3 Å². The molecule has 0 unspecified atom stereocenters. The zero-order valence-corrected chi connectivity index (χ0v) is 19.1. The van der Waals surface area contributed by atoms with Gasteiger partial charge in [0.25, 0.3) is 5.91 Å². The highest BCUT2D eigenvalue weighted by Crippen LogP contribution is 2.32. The summed E-state index contributed by atoms with van der Waals surface area (Å²) in [6.07, 6.45) is 6.53. The molecule has 32 heavy (non-hydrogen) atoms. The lowest BCUT2D eigenvalue weighted by molar-refractivity contribution is 0.102. The van der Waals surface area contributed by atoms with Crippen molar-refractivity contribution in [3.63, 3.8) is 0 Å². The van der Waals surface area contributed by atoms with Crippen LogP contribution in [-0.2, 0) is 4.74 Å². The molecule has 1 aromatic heterocycles. The summed E-state index contributed by atoms with van der Waals surface area (Å²) in [6, 6.07) is 7.99. The van der Waals surface area contributed by atoms with Crippen molar-refractivity contribution in [2.75, 3.05) is 43.0 Å². The Morgan fingerprint density at radius 2 is 1.91 bits per heavy atom. The van der Waals surface area contributed by atoms with Crippen LogP contribution in [0.3, 0.4) is 0 Å². The lowest BCUT2D eigenvalue weighted by atomic mass is 9.98. The Kier molecular flexibility index (Phi) is 7.42. The number of thiazole rings is 1. The molecule has 2 aliphatic heterocycles. The first kappa shape index (κ1) is 22.3. The Balaban J connectivity index is 1.36. The molecule has 0 radical (unpaired) electrons. The fourth-order valence-electron chi connectivity index (χ4n) is 4.29. The number of piperidine rings is 2. The van der Waals surface area contributed by atoms with Gasteiger partial charge in [-0.15, -0.1) is 11.3 Å². The average Bonchev–Trinajstić information content (AvgIpc) is 3.34. The van der Waals surface area contributed by atoms with E-state index < -0.39 is 0 Å². The average molecular weight is 455 g/mol. The Hall–Kier alpha value is -2.87. The predicted octanol–water partition coefficient (Wildman–Crippen LogP) is 4.89. The van der Waals surface area contributed by atoms with Gasteiger partial charge in [-0.2, -0.15) is 0 Å². The van der Waals surface area contributed by atoms with Crippen LogP contribution < -0.4 is 10.2 Å². The zero-order chi connectivity index (χ0) is 22.3. The standard InChI is InChI=1S/C24H30N4O3S/c1-2-16-31-24(30)28-14-10-18(11-15-28)23-26-20(17-32-23)22(29)25-19-8-4-5-9-21(19)27-12-6-3-7-13-27/h2,4-5,8-9,17-18H,1,3,6-7,10-16H2,(H,25,29). The van der Waals surface area contributed by atoms with Crippen molar-refractivity contribution in [2.24, 2.45) is 0 Å². The highest BCUT2D eigenvalue weighted by molar-refractivity contribution is 7.10. The molecule has 0 saturated carbocycles. The maximum absolute atomic E-state index is 12.9. The summed E-state index contributed by atoms with van der Waals surface area (Å²) in [7, 11) is 0. The fraction of sp³-hybridized carbons (Fsp3) is 0.458. The second-order valence-corrected chi connectivity index (χ2v) is 9.11. The third kappa shape index (κ3) is 5.30. The molecule has 0 atom stereocenters. The van der Waals surface area contributed by atoms with Crippen LogP contribution in [0.2, 0.25) is 0 Å². The molecular formula is C24H30N4O3S. The molecule has 0 aliphatic carbocycles. The van der Waals surface area contributed by atoms with Gasteiger partial charge in [-0.05, 0) is 44.2 Å². The third-order valence-corrected chi connectivity index (χ3v) is 7.04. The van der Waals surface area contributed by atoms with E-state index >= 15 is 0 Å². The molecule has 0 bridgehead atoms. The number of carbonyl (C=O) groups is 2. The van der Waals surface area contributed by atoms with E-state index in [1.54, 1.807) is 11.0 Å². The Morgan fingerprint density at radius 3 is 2.66 bits per heavy atom. The largest absolute Gasteiger partial charge is 0.445 e. The first-order valence-electron chi connectivity index (χ1n) is 11.3. The van der Waals surface area contributed by atoms with Crippen LogP contribution in [0.1, 0.15) is 53.5 Å². The van der Waals surface area contributed by atoms with E-state index in [9.17, 15) is 9.59 Å². The second kappa shape index (κ2) is 10.6. The first-order chi connectivity index (χ1) is 15.7. The maximum atomic E-state index is 12.9. The highest BCUT2D eigenvalue weighted by Gasteiger charge is 2.27. The predicted molar refractivity (Wildman–Crippen MR) is 128 cm³/mol. The molecule has 2 aromatic rings. The summed E-state index contributed by atoms with van der Waals surface area (Å²) in [4.78, 5) is 33.6. The van der Waals surface area contributed by atoms with Gasteiger partial charge in [-0.25, -0.2) is 9.78 Å². The van der Waals surface area contributed by atoms with Gasteiger partial charge in [0, 0.05) is 37.5 Å². The number of anilines is 2. The van der Waals surface area contributed by atoms with Crippen LogP contribution in [0, 0.1) is 0 Å². The molecule has 2 aliphatic rings. The van der Waals surface area contributed by atoms with E-state index in [0.29, 0.717) is 18.8 Å². The number of benzene rings is 1. The molecule has 170 valence electrons. The summed E-state index contributed by atoms with van der Waals surface area (Å²) < 4.78 is 5.12. The first-order valence-corrected chi connectivity index (χ1v) is 12.2. The van der Waals surface area contributed by atoms with Gasteiger partial charge >= 0.3 is 6.09 Å². The Labute approximate surface area is 193 Å². The SMILES string of the molecule is C=CCOC(=O)N1CCC(c2nc(C(=O)Nc3ccccc3N3CCCCC3)cs2)CC1. The number of hydrogen-bond acceptors (Lipinski definition) is 6. The number of nitrogens with zero attached hydrogens (tertiary/aromatic N) is 3. The Morgan fingerprint density at radius 1 is 1.16 bits per heavy atom. The normalized spacial score (nSPS) is 17.1. The smallest absolute Gasteiger partial charge is 0.410 e. The molecule has 2 fully saturated rings. The van der Waals surface area contributed by atoms with Crippen molar-refractivity contribution in [3.8, 4) is 0 Å². The number of para-hydroxylation sites is 2. The molecule has 1 aromatic carbocycles. The monoisotopic (exact) mass is 454 g/mol. The summed E-state index contributed by atoms with van der Waals surface area (Å²) in [5.41, 5.74) is 2.36. The van der Waals surface area contributed by atoms with Crippen molar-refractivity contribution >= 4 is 34.7 Å². The lowest BCUT2D eigenvalue weighted by Crippen LogP contribution is -2.38. The third-order valence-electron chi connectivity index (χ3n) is 6.03. The minimum absolute atomic E-state index is 0.178. The molecule has 8 heteroatoms. The quantitative estimate of drug-likeness (QED) is 0.629. The van der Waals surface area contributed by atoms with E-state index in [1.807, 2.05) is 23.6 Å². The second-order valence-electron chi connectivity index (χ2n) is 8.22. The molecule has 2 saturated heterocycles. The molecule has 0 spiro atoms. The van der Waals surface area contributed by atoms with Crippen LogP contribution in [0.4, 0.5) is 16.2 Å². The minimum atomic E-state index is -0.296. The molecular weight excluding hydrogens is 424 g/mol. The topological polar surface area (TPSA) is 74.8 Å². The van der Waals surface area contributed by atoms with Gasteiger partial charge in [0.15, 0.2) is 0 Å². The number of likely N-dealkylation sites (tertiary alicyclic amines) is 1. The van der Waals surface area contributed by atoms with E-state index in [0.717, 1.165) is 42.3 Å². The van der Waals surface area contributed by atoms with E-state index in [2.05, 4.69) is 27.8 Å². The maximum Gasteiger partial charge on any atom is 0.410 e. The van der Waals surface area contributed by atoms with Crippen LogP contribution in [0.25, 0.3) is 0 Å². The summed E-state index contributed by atoms with van der Waals surface area (Å²) >= 11 is 1.52. The van der Waals surface area contributed by atoms with Crippen LogP contribution in [0.5, 0.6) is 0 Å². The van der Waals surface area contributed by atoms with Crippen LogP contribution in [-0.4, -0.2) is 54.7 Å². The molecule has 4 rings (SSSR count). The number of nitrogens with one attached hydrogen (secondary N) is 1. The molecule has 7 nitrogen and oxygen atoms in total. The van der Waals surface area contributed by atoms with E-state index in [4.69, 9.17) is 4.74 Å². The zero-order valence-electron chi connectivity index (χ0n) is 18.3. The van der Waals surface area contributed by atoms with Crippen molar-refractivity contribution in [1.82, 2.24) is 9.88 Å². The molecule has 2 amide bonds. The number of carbonyl (C=O) groups excluding carboxylic acids is 2. The molecule has 1 N–H and O–H groups in total. The number of ether oxygens (including phenoxy) is 1. The van der Waals surface area contributed by atoms with Gasteiger partial charge < -0.3 is 19.9 Å². The molecule has 3 heterocycles. The van der Waals surface area contributed by atoms with Gasteiger partial charge in [-0.1, -0.05) is 24.8 Å². The number of rotatable bonds is 6. The number of aromatic nitrogens is 1. The van der Waals surface area contributed by atoms with Crippen molar-refractivity contribution in [2.45, 2.75) is 38.0 Å². The summed E-state index contributed by atoms with van der Waals surface area (Å²) in [6.45, 7) is 7.09. The number of hydrogen-bond donors (Lipinski definition) is 1. The lowest BCUT2D eigenvalue weighted by Gasteiger charge is -2.30. The van der Waals surface area contributed by atoms with Crippen molar-refractivity contribution in [3.05, 3.63) is 53.0 Å². The minimum Gasteiger partial charge on any atom is -0.445 e. The summed E-state index contributed by atoms with van der Waals surface area (Å²) in [5, 5.41) is 5.86. The van der Waals surface area contributed by atoms with Gasteiger partial charge in [0.05, 0.1) is 16.4 Å². The number of amides is 2. The van der Waals surface area contributed by atoms with Gasteiger partial charge in [0.1, 0.15) is 12.3 Å². The summed E-state index contributed by atoms with van der Waals surface area (Å²) in [5.74, 6) is 0.0769. The van der Waals surface area contributed by atoms with Crippen molar-refractivity contribution in [1.29, 1.82) is 0 Å². The highest BCUT2D eigenvalue weighted by atomic mass is 32.1.